The Morgan fingerprint density at radius 1 is 0.900 bits per heavy atom. The van der Waals surface area contributed by atoms with Gasteiger partial charge in [0.2, 0.25) is 0 Å². The first-order valence-electron chi connectivity index (χ1n) is 5.86. The number of rotatable bonds is 9. The summed E-state index contributed by atoms with van der Waals surface area (Å²) in [5.41, 5.74) is -4.67. The van der Waals surface area contributed by atoms with Crippen LogP contribution < -0.4 is 0 Å². The number of unbranched alkanes of at least 4 members (excludes halogenated alkanes) is 3. The lowest BCUT2D eigenvalue weighted by Crippen LogP contribution is -2.49. The molecule has 0 aromatic rings. The molecule has 8 nitrogen and oxygen atoms in total. The number of carboxylic acids is 4. The molecule has 0 heterocycles. The van der Waals surface area contributed by atoms with Gasteiger partial charge in [-0.1, -0.05) is 25.8 Å². The lowest BCUT2D eigenvalue weighted by Gasteiger charge is -2.20. The smallest absolute Gasteiger partial charge is 0.337 e. The van der Waals surface area contributed by atoms with Crippen LogP contribution in [0.25, 0.3) is 0 Å². The first kappa shape index (κ1) is 17.6. The summed E-state index contributed by atoms with van der Waals surface area (Å²) in [7, 11) is 0. The van der Waals surface area contributed by atoms with Gasteiger partial charge in [0.15, 0.2) is 0 Å². The Morgan fingerprint density at radius 3 is 1.65 bits per heavy atom. The number of carbonyl (C=O) groups is 4. The quantitative estimate of drug-likeness (QED) is 0.276. The second-order valence-electron chi connectivity index (χ2n) is 4.08. The Kier molecular flexibility index (Phi) is 6.40. The van der Waals surface area contributed by atoms with Crippen molar-refractivity contribution in [3.05, 3.63) is 11.6 Å². The Balaban J connectivity index is 5.80. The minimum absolute atomic E-state index is 0.0884. The standard InChI is InChI=1S/C12H16O8/c1-2-3-4-5-6-7(8(13)14)12(9(15)16,10(17)18)11(19)20/h6H,2-5H2,1H3,(H,13,14)(H,15,16)(H,17,18)(H,19,20). The van der Waals surface area contributed by atoms with Crippen molar-refractivity contribution in [3.8, 4) is 0 Å². The summed E-state index contributed by atoms with van der Waals surface area (Å²) in [4.78, 5) is 44.3. The van der Waals surface area contributed by atoms with Crippen LogP contribution in [-0.2, 0) is 19.2 Å². The van der Waals surface area contributed by atoms with E-state index in [0.717, 1.165) is 18.9 Å². The summed E-state index contributed by atoms with van der Waals surface area (Å²) in [5, 5.41) is 35.7. The van der Waals surface area contributed by atoms with Gasteiger partial charge in [-0.25, -0.2) is 19.2 Å². The third-order valence-corrected chi connectivity index (χ3v) is 2.75. The lowest BCUT2D eigenvalue weighted by molar-refractivity contribution is -0.174. The van der Waals surface area contributed by atoms with E-state index in [4.69, 9.17) is 20.4 Å². The van der Waals surface area contributed by atoms with E-state index in [1.807, 2.05) is 6.92 Å². The summed E-state index contributed by atoms with van der Waals surface area (Å²) in [6, 6.07) is 0. The van der Waals surface area contributed by atoms with Gasteiger partial charge in [-0.3, -0.25) is 0 Å². The third-order valence-electron chi connectivity index (χ3n) is 2.75. The Labute approximate surface area is 114 Å². The molecule has 0 aromatic heterocycles. The van der Waals surface area contributed by atoms with Crippen molar-refractivity contribution in [1.29, 1.82) is 0 Å². The van der Waals surface area contributed by atoms with E-state index < -0.39 is 34.9 Å². The van der Waals surface area contributed by atoms with Gasteiger partial charge in [-0.2, -0.15) is 0 Å². The Hall–Kier alpha value is -2.38. The van der Waals surface area contributed by atoms with Gasteiger partial charge in [0, 0.05) is 0 Å². The number of hydrogen-bond donors (Lipinski definition) is 4. The van der Waals surface area contributed by atoms with Gasteiger partial charge in [-0.15, -0.1) is 0 Å². The topological polar surface area (TPSA) is 149 Å². The second-order valence-corrected chi connectivity index (χ2v) is 4.08. The fourth-order valence-corrected chi connectivity index (χ4v) is 1.66. The Morgan fingerprint density at radius 2 is 1.35 bits per heavy atom. The highest BCUT2D eigenvalue weighted by Gasteiger charge is 2.60. The van der Waals surface area contributed by atoms with Crippen molar-refractivity contribution in [1.82, 2.24) is 0 Å². The molecule has 0 unspecified atom stereocenters. The summed E-state index contributed by atoms with van der Waals surface area (Å²) in [5.74, 6) is -8.63. The molecule has 0 aliphatic heterocycles. The molecule has 0 saturated carbocycles. The molecule has 0 radical (unpaired) electrons. The van der Waals surface area contributed by atoms with Gasteiger partial charge in [-0.05, 0) is 12.8 Å². The molecule has 8 heteroatoms. The van der Waals surface area contributed by atoms with E-state index in [1.165, 1.54) is 0 Å². The molecular weight excluding hydrogens is 272 g/mol. The Bertz CT molecular complexity index is 412. The molecule has 20 heavy (non-hydrogen) atoms. The van der Waals surface area contributed by atoms with E-state index in [0.29, 0.717) is 6.42 Å². The number of carboxylic acid groups (broad SMARTS) is 4. The summed E-state index contributed by atoms with van der Waals surface area (Å²) in [6.45, 7) is 1.89. The maximum atomic E-state index is 11.1. The third kappa shape index (κ3) is 3.34. The molecule has 0 fully saturated rings. The normalized spacial score (nSPS) is 11.9. The summed E-state index contributed by atoms with van der Waals surface area (Å²) < 4.78 is 0. The second kappa shape index (κ2) is 7.27. The van der Waals surface area contributed by atoms with E-state index >= 15 is 0 Å². The van der Waals surface area contributed by atoms with Crippen LogP contribution in [0, 0.1) is 5.41 Å². The highest BCUT2D eigenvalue weighted by atomic mass is 16.4. The molecule has 0 spiro atoms. The molecule has 0 amide bonds. The molecular formula is C12H16O8. The molecule has 0 rings (SSSR count). The maximum Gasteiger partial charge on any atom is 0.337 e. The zero-order chi connectivity index (χ0) is 15.9. The molecule has 0 atom stereocenters. The van der Waals surface area contributed by atoms with Gasteiger partial charge >= 0.3 is 23.9 Å². The zero-order valence-electron chi connectivity index (χ0n) is 10.8. The first-order valence-corrected chi connectivity index (χ1v) is 5.86. The van der Waals surface area contributed by atoms with E-state index in [9.17, 15) is 19.2 Å². The molecule has 0 bridgehead atoms. The van der Waals surface area contributed by atoms with E-state index in [1.54, 1.807) is 0 Å². The average Bonchev–Trinajstić information content (AvgIpc) is 2.31. The van der Waals surface area contributed by atoms with Crippen molar-refractivity contribution in [2.75, 3.05) is 0 Å². The highest BCUT2D eigenvalue weighted by molar-refractivity contribution is 6.24. The van der Waals surface area contributed by atoms with E-state index in [2.05, 4.69) is 0 Å². The van der Waals surface area contributed by atoms with Crippen molar-refractivity contribution in [2.45, 2.75) is 32.6 Å². The molecule has 112 valence electrons. The average molecular weight is 288 g/mol. The minimum atomic E-state index is -3.50. The fraction of sp³-hybridized carbons (Fsp3) is 0.500. The van der Waals surface area contributed by atoms with Crippen LogP contribution >= 0.6 is 0 Å². The molecule has 0 aliphatic rings. The van der Waals surface area contributed by atoms with Crippen molar-refractivity contribution >= 4 is 23.9 Å². The number of aliphatic carboxylic acids is 4. The van der Waals surface area contributed by atoms with Gasteiger partial charge in [0.05, 0.1) is 5.57 Å². The lowest BCUT2D eigenvalue weighted by atomic mass is 9.79. The molecule has 4 N–H and O–H groups in total. The van der Waals surface area contributed by atoms with Crippen LogP contribution in [0.5, 0.6) is 0 Å². The van der Waals surface area contributed by atoms with Crippen molar-refractivity contribution < 1.29 is 39.6 Å². The molecule has 0 saturated heterocycles. The largest absolute Gasteiger partial charge is 0.480 e. The molecule has 0 aliphatic carbocycles. The van der Waals surface area contributed by atoms with Crippen LogP contribution in [0.1, 0.15) is 32.6 Å². The predicted molar refractivity (Wildman–Crippen MR) is 65.2 cm³/mol. The minimum Gasteiger partial charge on any atom is -0.480 e. The SMILES string of the molecule is CCCCCC=C(C(=O)O)C(C(=O)O)(C(=O)O)C(=O)O. The maximum absolute atomic E-state index is 11.1. The van der Waals surface area contributed by atoms with Crippen molar-refractivity contribution in [3.63, 3.8) is 0 Å². The van der Waals surface area contributed by atoms with Gasteiger partial charge < -0.3 is 20.4 Å². The van der Waals surface area contributed by atoms with Crippen LogP contribution in [0.2, 0.25) is 0 Å². The summed E-state index contributed by atoms with van der Waals surface area (Å²) >= 11 is 0. The predicted octanol–water partition coefficient (Wildman–Crippen LogP) is 0.818. The monoisotopic (exact) mass is 288 g/mol. The number of allylic oxidation sites excluding steroid dienone is 1. The van der Waals surface area contributed by atoms with Crippen LogP contribution in [0.15, 0.2) is 11.6 Å². The van der Waals surface area contributed by atoms with Crippen molar-refractivity contribution in [2.24, 2.45) is 5.41 Å². The van der Waals surface area contributed by atoms with Crippen LogP contribution in [0.4, 0.5) is 0 Å². The van der Waals surface area contributed by atoms with Gasteiger partial charge in [0.25, 0.3) is 5.41 Å². The highest BCUT2D eigenvalue weighted by Crippen LogP contribution is 2.30. The number of hydrogen-bond acceptors (Lipinski definition) is 4. The van der Waals surface area contributed by atoms with Crippen LogP contribution in [-0.4, -0.2) is 44.3 Å². The van der Waals surface area contributed by atoms with Crippen LogP contribution in [0.3, 0.4) is 0 Å². The van der Waals surface area contributed by atoms with Gasteiger partial charge in [0.1, 0.15) is 0 Å². The summed E-state index contributed by atoms with van der Waals surface area (Å²) in [6.07, 6.45) is 2.99. The van der Waals surface area contributed by atoms with E-state index in [-0.39, 0.29) is 6.42 Å². The zero-order valence-corrected chi connectivity index (χ0v) is 10.8. The first-order chi connectivity index (χ1) is 9.22. The fourth-order valence-electron chi connectivity index (χ4n) is 1.66. The molecule has 0 aromatic carbocycles.